The lowest BCUT2D eigenvalue weighted by Crippen LogP contribution is -2.31. The van der Waals surface area contributed by atoms with E-state index >= 15 is 0 Å². The first-order valence-corrected chi connectivity index (χ1v) is 10.6. The van der Waals surface area contributed by atoms with Gasteiger partial charge in [-0.3, -0.25) is 4.79 Å². The molecule has 0 atom stereocenters. The zero-order valence-electron chi connectivity index (χ0n) is 16.1. The highest BCUT2D eigenvalue weighted by Gasteiger charge is 2.24. The van der Waals surface area contributed by atoms with Crippen molar-refractivity contribution in [2.24, 2.45) is 0 Å². The number of aryl methyl sites for hydroxylation is 1. The summed E-state index contributed by atoms with van der Waals surface area (Å²) in [6.45, 7) is 6.68. The summed E-state index contributed by atoms with van der Waals surface area (Å²) in [7, 11) is -1.99. The highest BCUT2D eigenvalue weighted by atomic mass is 35.5. The molecule has 0 aliphatic rings. The van der Waals surface area contributed by atoms with Gasteiger partial charge in [-0.2, -0.15) is 4.31 Å². The van der Waals surface area contributed by atoms with Crippen LogP contribution < -0.4 is 0 Å². The van der Waals surface area contributed by atoms with Crippen molar-refractivity contribution in [2.45, 2.75) is 32.2 Å². The second kappa shape index (κ2) is 8.87. The van der Waals surface area contributed by atoms with E-state index in [1.54, 1.807) is 20.9 Å². The van der Waals surface area contributed by atoms with Crippen LogP contribution in [-0.2, 0) is 16.6 Å². The van der Waals surface area contributed by atoms with Gasteiger partial charge in [0.2, 0.25) is 10.0 Å². The van der Waals surface area contributed by atoms with Crippen LogP contribution in [0, 0.1) is 6.92 Å². The standard InChI is InChI=1S/C20H25ClN2O3S/c1-5-23(6-2)27(25,26)17-11-12-19(21)18(13-17)20(24)22(4)14-16-9-7-15(3)8-10-16/h7-13H,5-6,14H2,1-4H3. The Morgan fingerprint density at radius 3 is 2.19 bits per heavy atom. The summed E-state index contributed by atoms with van der Waals surface area (Å²) in [4.78, 5) is 14.5. The zero-order chi connectivity index (χ0) is 20.2. The number of rotatable bonds is 7. The summed E-state index contributed by atoms with van der Waals surface area (Å²) in [5, 5.41) is 0.231. The maximum atomic E-state index is 12.9. The number of carbonyl (C=O) groups excluding carboxylic acids is 1. The van der Waals surface area contributed by atoms with Crippen LogP contribution >= 0.6 is 11.6 Å². The van der Waals surface area contributed by atoms with Crippen molar-refractivity contribution in [3.8, 4) is 0 Å². The molecule has 146 valence electrons. The lowest BCUT2D eigenvalue weighted by Gasteiger charge is -2.21. The molecule has 0 bridgehead atoms. The van der Waals surface area contributed by atoms with E-state index in [2.05, 4.69) is 0 Å². The molecule has 0 heterocycles. The van der Waals surface area contributed by atoms with Crippen molar-refractivity contribution in [1.29, 1.82) is 0 Å². The van der Waals surface area contributed by atoms with Gasteiger partial charge in [-0.1, -0.05) is 55.3 Å². The Morgan fingerprint density at radius 2 is 1.63 bits per heavy atom. The molecular weight excluding hydrogens is 384 g/mol. The van der Waals surface area contributed by atoms with Crippen LogP contribution in [0.4, 0.5) is 0 Å². The number of halogens is 1. The first-order chi connectivity index (χ1) is 12.7. The molecule has 0 radical (unpaired) electrons. The predicted molar refractivity (Wildman–Crippen MR) is 109 cm³/mol. The summed E-state index contributed by atoms with van der Waals surface area (Å²) in [6.07, 6.45) is 0. The van der Waals surface area contributed by atoms with Crippen LogP contribution in [0.2, 0.25) is 5.02 Å². The summed E-state index contributed by atoms with van der Waals surface area (Å²) in [5.74, 6) is -0.322. The van der Waals surface area contributed by atoms with Gasteiger partial charge in [-0.05, 0) is 30.7 Å². The van der Waals surface area contributed by atoms with Crippen molar-refractivity contribution in [3.63, 3.8) is 0 Å². The maximum absolute atomic E-state index is 12.9. The summed E-state index contributed by atoms with van der Waals surface area (Å²) < 4.78 is 26.8. The summed E-state index contributed by atoms with van der Waals surface area (Å²) in [5.41, 5.74) is 2.31. The third-order valence-corrected chi connectivity index (χ3v) is 6.77. The highest BCUT2D eigenvalue weighted by Crippen LogP contribution is 2.24. The first-order valence-electron chi connectivity index (χ1n) is 8.81. The number of benzene rings is 2. The molecule has 0 unspecified atom stereocenters. The number of nitrogens with zero attached hydrogens (tertiary/aromatic N) is 2. The normalized spacial score (nSPS) is 11.6. The Morgan fingerprint density at radius 1 is 1.04 bits per heavy atom. The fourth-order valence-electron chi connectivity index (χ4n) is 2.79. The molecule has 27 heavy (non-hydrogen) atoms. The van der Waals surface area contributed by atoms with E-state index in [0.29, 0.717) is 19.6 Å². The Labute approximate surface area is 166 Å². The summed E-state index contributed by atoms with van der Waals surface area (Å²) in [6, 6.07) is 12.2. The van der Waals surface area contributed by atoms with Gasteiger partial charge in [0.25, 0.3) is 5.91 Å². The van der Waals surface area contributed by atoms with Crippen molar-refractivity contribution in [3.05, 3.63) is 64.2 Å². The minimum atomic E-state index is -3.66. The van der Waals surface area contributed by atoms with E-state index in [0.717, 1.165) is 11.1 Å². The fraction of sp³-hybridized carbons (Fsp3) is 0.350. The average molecular weight is 409 g/mol. The molecule has 5 nitrogen and oxygen atoms in total. The number of amides is 1. The molecular formula is C20H25ClN2O3S. The van der Waals surface area contributed by atoms with Crippen LogP contribution in [0.3, 0.4) is 0 Å². The van der Waals surface area contributed by atoms with Crippen LogP contribution in [0.25, 0.3) is 0 Å². The third-order valence-electron chi connectivity index (χ3n) is 4.40. The zero-order valence-corrected chi connectivity index (χ0v) is 17.6. The number of hydrogen-bond acceptors (Lipinski definition) is 3. The van der Waals surface area contributed by atoms with Gasteiger partial charge < -0.3 is 4.90 Å². The monoisotopic (exact) mass is 408 g/mol. The van der Waals surface area contributed by atoms with Crippen molar-refractivity contribution in [2.75, 3.05) is 20.1 Å². The second-order valence-corrected chi connectivity index (χ2v) is 8.72. The van der Waals surface area contributed by atoms with Crippen molar-refractivity contribution in [1.82, 2.24) is 9.21 Å². The van der Waals surface area contributed by atoms with E-state index < -0.39 is 10.0 Å². The van der Waals surface area contributed by atoms with Gasteiger partial charge in [0.1, 0.15) is 0 Å². The van der Waals surface area contributed by atoms with Gasteiger partial charge in [-0.25, -0.2) is 8.42 Å². The molecule has 0 N–H and O–H groups in total. The van der Waals surface area contributed by atoms with Crippen LogP contribution in [0.15, 0.2) is 47.4 Å². The molecule has 0 fully saturated rings. The Hall–Kier alpha value is -1.89. The lowest BCUT2D eigenvalue weighted by molar-refractivity contribution is 0.0785. The van der Waals surface area contributed by atoms with E-state index in [-0.39, 0.29) is 21.4 Å². The minimum Gasteiger partial charge on any atom is -0.337 e. The number of sulfonamides is 1. The quantitative estimate of drug-likeness (QED) is 0.696. The smallest absolute Gasteiger partial charge is 0.255 e. The largest absolute Gasteiger partial charge is 0.337 e. The molecule has 2 aromatic carbocycles. The predicted octanol–water partition coefficient (Wildman–Crippen LogP) is 3.95. The van der Waals surface area contributed by atoms with Gasteiger partial charge in [-0.15, -0.1) is 0 Å². The van der Waals surface area contributed by atoms with Crippen molar-refractivity contribution >= 4 is 27.5 Å². The maximum Gasteiger partial charge on any atom is 0.255 e. The van der Waals surface area contributed by atoms with Gasteiger partial charge in [0.15, 0.2) is 0 Å². The molecule has 1 amide bonds. The van der Waals surface area contributed by atoms with Gasteiger partial charge in [0, 0.05) is 26.7 Å². The SMILES string of the molecule is CCN(CC)S(=O)(=O)c1ccc(Cl)c(C(=O)N(C)Cc2ccc(C)cc2)c1. The van der Waals surface area contributed by atoms with Gasteiger partial charge in [0.05, 0.1) is 15.5 Å². The summed E-state index contributed by atoms with van der Waals surface area (Å²) >= 11 is 6.20. The Kier molecular flexibility index (Phi) is 7.03. The Bertz CT molecular complexity index is 907. The molecule has 2 aromatic rings. The second-order valence-electron chi connectivity index (χ2n) is 6.38. The fourth-order valence-corrected chi connectivity index (χ4v) is 4.47. The number of carbonyl (C=O) groups is 1. The van der Waals surface area contributed by atoms with Crippen LogP contribution in [0.1, 0.15) is 35.3 Å². The van der Waals surface area contributed by atoms with E-state index in [4.69, 9.17) is 11.6 Å². The van der Waals surface area contributed by atoms with Crippen molar-refractivity contribution < 1.29 is 13.2 Å². The van der Waals surface area contributed by atoms with Crippen LogP contribution in [-0.4, -0.2) is 43.7 Å². The third kappa shape index (κ3) is 4.89. The Balaban J connectivity index is 2.31. The molecule has 0 saturated carbocycles. The minimum absolute atomic E-state index is 0.0719. The first kappa shape index (κ1) is 21.4. The molecule has 0 aliphatic carbocycles. The van der Waals surface area contributed by atoms with Gasteiger partial charge >= 0.3 is 0 Å². The van der Waals surface area contributed by atoms with E-state index in [1.807, 2.05) is 31.2 Å². The number of hydrogen-bond donors (Lipinski definition) is 0. The van der Waals surface area contributed by atoms with Crippen LogP contribution in [0.5, 0.6) is 0 Å². The molecule has 0 saturated heterocycles. The molecule has 0 aromatic heterocycles. The lowest BCUT2D eigenvalue weighted by atomic mass is 10.1. The van der Waals surface area contributed by atoms with E-state index in [9.17, 15) is 13.2 Å². The van der Waals surface area contributed by atoms with E-state index in [1.165, 1.54) is 27.4 Å². The molecule has 7 heteroatoms. The molecule has 0 spiro atoms. The topological polar surface area (TPSA) is 57.7 Å². The average Bonchev–Trinajstić information content (AvgIpc) is 2.64. The molecule has 2 rings (SSSR count). The highest BCUT2D eigenvalue weighted by molar-refractivity contribution is 7.89. The molecule has 0 aliphatic heterocycles.